The van der Waals surface area contributed by atoms with Crippen LogP contribution in [0.4, 0.5) is 0 Å². The van der Waals surface area contributed by atoms with Gasteiger partial charge in [0.2, 0.25) is 5.91 Å². The maximum absolute atomic E-state index is 11.6. The fourth-order valence-corrected chi connectivity index (χ4v) is 2.23. The molecule has 0 aromatic rings. The van der Waals surface area contributed by atoms with E-state index in [1.165, 1.54) is 12.8 Å². The van der Waals surface area contributed by atoms with Crippen molar-refractivity contribution in [1.82, 2.24) is 10.6 Å². The Balaban J connectivity index is 2.04. The fourth-order valence-electron chi connectivity index (χ4n) is 2.23. The van der Waals surface area contributed by atoms with Gasteiger partial charge in [0.05, 0.1) is 6.61 Å². The molecular formula is C13H26N2O2. The summed E-state index contributed by atoms with van der Waals surface area (Å²) in [5, 5.41) is 6.34. The number of methoxy groups -OCH3 is 1. The van der Waals surface area contributed by atoms with E-state index in [1.807, 2.05) is 0 Å². The summed E-state index contributed by atoms with van der Waals surface area (Å²) in [7, 11) is 1.69. The Labute approximate surface area is 104 Å². The zero-order chi connectivity index (χ0) is 12.5. The van der Waals surface area contributed by atoms with E-state index in [0.717, 1.165) is 26.1 Å². The molecule has 1 heterocycles. The predicted octanol–water partition coefficient (Wildman–Crippen LogP) is 1.16. The highest BCUT2D eigenvalue weighted by molar-refractivity contribution is 5.75. The predicted molar refractivity (Wildman–Crippen MR) is 68.9 cm³/mol. The number of piperidine rings is 1. The third-order valence-corrected chi connectivity index (χ3v) is 3.28. The van der Waals surface area contributed by atoms with Gasteiger partial charge in [0.1, 0.15) is 0 Å². The maximum atomic E-state index is 11.6. The van der Waals surface area contributed by atoms with Crippen LogP contribution < -0.4 is 10.6 Å². The summed E-state index contributed by atoms with van der Waals surface area (Å²) in [5.41, 5.74) is 0. The minimum atomic E-state index is 0.179. The summed E-state index contributed by atoms with van der Waals surface area (Å²) in [6.45, 7) is 5.71. The van der Waals surface area contributed by atoms with E-state index in [2.05, 4.69) is 17.6 Å². The maximum Gasteiger partial charge on any atom is 0.220 e. The Morgan fingerprint density at radius 1 is 1.59 bits per heavy atom. The van der Waals surface area contributed by atoms with Gasteiger partial charge in [0.25, 0.3) is 0 Å². The lowest BCUT2D eigenvalue weighted by Crippen LogP contribution is -2.32. The van der Waals surface area contributed by atoms with E-state index >= 15 is 0 Å². The Morgan fingerprint density at radius 3 is 3.06 bits per heavy atom. The van der Waals surface area contributed by atoms with Gasteiger partial charge in [-0.05, 0) is 44.2 Å². The van der Waals surface area contributed by atoms with Crippen LogP contribution in [0.15, 0.2) is 0 Å². The monoisotopic (exact) mass is 242 g/mol. The Bertz CT molecular complexity index is 215. The number of nitrogens with one attached hydrogen (secondary N) is 2. The first kappa shape index (κ1) is 14.5. The summed E-state index contributed by atoms with van der Waals surface area (Å²) in [5.74, 6) is 1.25. The lowest BCUT2D eigenvalue weighted by molar-refractivity contribution is -0.121. The van der Waals surface area contributed by atoms with E-state index in [1.54, 1.807) is 7.11 Å². The quantitative estimate of drug-likeness (QED) is 0.704. The second kappa shape index (κ2) is 8.48. The normalized spacial score (nSPS) is 22.1. The minimum absolute atomic E-state index is 0.179. The molecule has 4 heteroatoms. The molecule has 1 rings (SSSR count). The van der Waals surface area contributed by atoms with Crippen LogP contribution in [-0.4, -0.2) is 39.3 Å². The standard InChI is InChI=1S/C13H26N2O2/c1-11(10-17-2)8-15-13(16)6-5-12-4-3-7-14-9-12/h11-12,14H,3-10H2,1-2H3,(H,15,16). The number of rotatable bonds is 7. The van der Waals surface area contributed by atoms with E-state index in [-0.39, 0.29) is 5.91 Å². The molecule has 2 atom stereocenters. The first-order chi connectivity index (χ1) is 8.22. The molecule has 0 saturated carbocycles. The second-order valence-corrected chi connectivity index (χ2v) is 5.12. The number of hydrogen-bond donors (Lipinski definition) is 2. The van der Waals surface area contributed by atoms with Gasteiger partial charge in [0, 0.05) is 20.1 Å². The molecule has 0 aliphatic carbocycles. The van der Waals surface area contributed by atoms with Crippen LogP contribution in [0.3, 0.4) is 0 Å². The molecule has 1 aliphatic rings. The number of amides is 1. The molecule has 1 saturated heterocycles. The van der Waals surface area contributed by atoms with Crippen LogP contribution in [0.25, 0.3) is 0 Å². The van der Waals surface area contributed by atoms with E-state index in [0.29, 0.717) is 24.9 Å². The molecule has 1 fully saturated rings. The van der Waals surface area contributed by atoms with Gasteiger partial charge < -0.3 is 15.4 Å². The van der Waals surface area contributed by atoms with Crippen LogP contribution >= 0.6 is 0 Å². The molecule has 0 radical (unpaired) electrons. The summed E-state index contributed by atoms with van der Waals surface area (Å²) >= 11 is 0. The number of ether oxygens (including phenoxy) is 1. The van der Waals surface area contributed by atoms with Crippen molar-refractivity contribution in [2.75, 3.05) is 33.4 Å². The van der Waals surface area contributed by atoms with Gasteiger partial charge in [-0.2, -0.15) is 0 Å². The SMILES string of the molecule is COCC(C)CNC(=O)CCC1CCCNC1. The first-order valence-electron chi connectivity index (χ1n) is 6.68. The van der Waals surface area contributed by atoms with Crippen molar-refractivity contribution in [2.45, 2.75) is 32.6 Å². The average molecular weight is 242 g/mol. The molecule has 0 bridgehead atoms. The summed E-state index contributed by atoms with van der Waals surface area (Å²) < 4.78 is 5.03. The highest BCUT2D eigenvalue weighted by Gasteiger charge is 2.14. The van der Waals surface area contributed by atoms with Crippen LogP contribution in [0.1, 0.15) is 32.6 Å². The van der Waals surface area contributed by atoms with Gasteiger partial charge in [-0.15, -0.1) is 0 Å². The molecule has 4 nitrogen and oxygen atoms in total. The number of carbonyl (C=O) groups is 1. The smallest absolute Gasteiger partial charge is 0.220 e. The fraction of sp³-hybridized carbons (Fsp3) is 0.923. The molecule has 0 aromatic carbocycles. The molecule has 0 spiro atoms. The number of carbonyl (C=O) groups excluding carboxylic acids is 1. The topological polar surface area (TPSA) is 50.4 Å². The van der Waals surface area contributed by atoms with Gasteiger partial charge in [-0.1, -0.05) is 6.92 Å². The van der Waals surface area contributed by atoms with E-state index < -0.39 is 0 Å². The van der Waals surface area contributed by atoms with Crippen LogP contribution in [-0.2, 0) is 9.53 Å². The summed E-state index contributed by atoms with van der Waals surface area (Å²) in [4.78, 5) is 11.6. The largest absolute Gasteiger partial charge is 0.384 e. The average Bonchev–Trinajstić information content (AvgIpc) is 2.35. The molecule has 2 unspecified atom stereocenters. The Morgan fingerprint density at radius 2 is 2.41 bits per heavy atom. The van der Waals surface area contributed by atoms with Crippen molar-refractivity contribution in [3.63, 3.8) is 0 Å². The van der Waals surface area contributed by atoms with Crippen molar-refractivity contribution in [3.05, 3.63) is 0 Å². The molecule has 1 amide bonds. The summed E-state index contributed by atoms with van der Waals surface area (Å²) in [6, 6.07) is 0. The zero-order valence-electron chi connectivity index (χ0n) is 11.1. The van der Waals surface area contributed by atoms with Crippen molar-refractivity contribution < 1.29 is 9.53 Å². The van der Waals surface area contributed by atoms with Gasteiger partial charge in [-0.25, -0.2) is 0 Å². The molecule has 0 aromatic heterocycles. The van der Waals surface area contributed by atoms with E-state index in [4.69, 9.17) is 4.74 Å². The van der Waals surface area contributed by atoms with Gasteiger partial charge >= 0.3 is 0 Å². The molecule has 100 valence electrons. The van der Waals surface area contributed by atoms with Crippen LogP contribution in [0.5, 0.6) is 0 Å². The van der Waals surface area contributed by atoms with Gasteiger partial charge in [0.15, 0.2) is 0 Å². The van der Waals surface area contributed by atoms with Crippen molar-refractivity contribution in [3.8, 4) is 0 Å². The van der Waals surface area contributed by atoms with Crippen molar-refractivity contribution in [2.24, 2.45) is 11.8 Å². The zero-order valence-corrected chi connectivity index (χ0v) is 11.1. The third kappa shape index (κ3) is 6.64. The Kier molecular flexibility index (Phi) is 7.21. The summed E-state index contributed by atoms with van der Waals surface area (Å²) in [6.07, 6.45) is 4.18. The highest BCUT2D eigenvalue weighted by atomic mass is 16.5. The van der Waals surface area contributed by atoms with Crippen molar-refractivity contribution >= 4 is 5.91 Å². The lowest BCUT2D eigenvalue weighted by Gasteiger charge is -2.22. The highest BCUT2D eigenvalue weighted by Crippen LogP contribution is 2.15. The van der Waals surface area contributed by atoms with Crippen LogP contribution in [0.2, 0.25) is 0 Å². The van der Waals surface area contributed by atoms with Crippen LogP contribution in [0, 0.1) is 11.8 Å². The first-order valence-corrected chi connectivity index (χ1v) is 6.68. The van der Waals surface area contributed by atoms with Crippen molar-refractivity contribution in [1.29, 1.82) is 0 Å². The molecular weight excluding hydrogens is 216 g/mol. The van der Waals surface area contributed by atoms with Gasteiger partial charge in [-0.3, -0.25) is 4.79 Å². The molecule has 17 heavy (non-hydrogen) atoms. The Hall–Kier alpha value is -0.610. The molecule has 2 N–H and O–H groups in total. The second-order valence-electron chi connectivity index (χ2n) is 5.12. The number of hydrogen-bond acceptors (Lipinski definition) is 3. The lowest BCUT2D eigenvalue weighted by atomic mass is 9.94. The van der Waals surface area contributed by atoms with E-state index in [9.17, 15) is 4.79 Å². The minimum Gasteiger partial charge on any atom is -0.384 e. The third-order valence-electron chi connectivity index (χ3n) is 3.28. The molecule has 1 aliphatic heterocycles.